The van der Waals surface area contributed by atoms with Gasteiger partial charge in [0.05, 0.1) is 6.61 Å². The molecule has 1 N–H and O–H groups in total. The maximum Gasteiger partial charge on any atom is 0.0508 e. The molecule has 0 fully saturated rings. The molecule has 1 aliphatic rings. The Hall–Kier alpha value is -1.86. The van der Waals surface area contributed by atoms with Gasteiger partial charge in [0.2, 0.25) is 0 Å². The first kappa shape index (κ1) is 11.2. The van der Waals surface area contributed by atoms with Gasteiger partial charge in [-0.2, -0.15) is 0 Å². The third-order valence-corrected chi connectivity index (χ3v) is 3.69. The fourth-order valence-corrected chi connectivity index (χ4v) is 2.77. The standard InChI is InChI=1S/C17H16O/c18-12-17-15-9-5-4-8-14(15)10-11-16(17)13-6-2-1-3-7-13/h1-11,16-18H,12H2/t16-,17-/m1/s1. The predicted octanol–water partition coefficient (Wildman–Crippen LogP) is 3.57. The molecule has 0 amide bonds. The van der Waals surface area contributed by atoms with Gasteiger partial charge in [0.15, 0.2) is 0 Å². The van der Waals surface area contributed by atoms with Gasteiger partial charge in [0, 0.05) is 11.8 Å². The van der Waals surface area contributed by atoms with Gasteiger partial charge in [0.25, 0.3) is 0 Å². The Labute approximate surface area is 107 Å². The second-order valence-corrected chi connectivity index (χ2v) is 4.71. The number of hydrogen-bond donors (Lipinski definition) is 1. The zero-order chi connectivity index (χ0) is 12.4. The highest BCUT2D eigenvalue weighted by molar-refractivity contribution is 5.60. The van der Waals surface area contributed by atoms with Crippen molar-refractivity contribution in [1.82, 2.24) is 0 Å². The van der Waals surface area contributed by atoms with E-state index < -0.39 is 0 Å². The molecule has 18 heavy (non-hydrogen) atoms. The Kier molecular flexibility index (Phi) is 2.99. The van der Waals surface area contributed by atoms with Crippen LogP contribution in [0.3, 0.4) is 0 Å². The number of fused-ring (bicyclic) bond motifs is 1. The van der Waals surface area contributed by atoms with E-state index in [-0.39, 0.29) is 18.4 Å². The molecule has 3 rings (SSSR count). The summed E-state index contributed by atoms with van der Waals surface area (Å²) in [5.41, 5.74) is 3.74. The van der Waals surface area contributed by atoms with Crippen molar-refractivity contribution in [2.24, 2.45) is 0 Å². The van der Waals surface area contributed by atoms with Crippen molar-refractivity contribution < 1.29 is 5.11 Å². The number of allylic oxidation sites excluding steroid dienone is 1. The van der Waals surface area contributed by atoms with Crippen LogP contribution in [0.1, 0.15) is 28.5 Å². The average Bonchev–Trinajstić information content (AvgIpc) is 2.47. The van der Waals surface area contributed by atoms with Crippen LogP contribution in [0.25, 0.3) is 6.08 Å². The summed E-state index contributed by atoms with van der Waals surface area (Å²) in [6.07, 6.45) is 4.37. The highest BCUT2D eigenvalue weighted by atomic mass is 16.3. The van der Waals surface area contributed by atoms with Crippen LogP contribution < -0.4 is 0 Å². The Morgan fingerprint density at radius 3 is 2.39 bits per heavy atom. The zero-order valence-corrected chi connectivity index (χ0v) is 10.2. The first-order chi connectivity index (χ1) is 8.90. The lowest BCUT2D eigenvalue weighted by atomic mass is 9.76. The molecule has 2 atom stereocenters. The lowest BCUT2D eigenvalue weighted by Crippen LogP contribution is -2.17. The quantitative estimate of drug-likeness (QED) is 0.845. The van der Waals surface area contributed by atoms with E-state index in [0.29, 0.717) is 0 Å². The first-order valence-corrected chi connectivity index (χ1v) is 6.33. The maximum atomic E-state index is 9.74. The average molecular weight is 236 g/mol. The van der Waals surface area contributed by atoms with E-state index in [0.717, 1.165) is 0 Å². The van der Waals surface area contributed by atoms with Crippen LogP contribution in [-0.4, -0.2) is 11.7 Å². The van der Waals surface area contributed by atoms with E-state index in [1.165, 1.54) is 16.7 Å². The molecule has 1 nitrogen and oxygen atoms in total. The fraction of sp³-hybridized carbons (Fsp3) is 0.176. The SMILES string of the molecule is OC[C@@H]1c2ccccc2C=C[C@@H]1c1ccccc1. The molecule has 90 valence electrons. The number of aliphatic hydroxyl groups excluding tert-OH is 1. The van der Waals surface area contributed by atoms with Crippen molar-refractivity contribution in [3.05, 3.63) is 77.4 Å². The van der Waals surface area contributed by atoms with Gasteiger partial charge in [-0.1, -0.05) is 66.7 Å². The number of rotatable bonds is 2. The van der Waals surface area contributed by atoms with E-state index in [1.54, 1.807) is 0 Å². The van der Waals surface area contributed by atoms with Crippen molar-refractivity contribution >= 4 is 6.08 Å². The van der Waals surface area contributed by atoms with Crippen LogP contribution in [-0.2, 0) is 0 Å². The molecule has 0 spiro atoms. The highest BCUT2D eigenvalue weighted by Gasteiger charge is 2.26. The summed E-state index contributed by atoms with van der Waals surface area (Å²) in [7, 11) is 0. The normalized spacial score (nSPS) is 21.6. The predicted molar refractivity (Wildman–Crippen MR) is 74.5 cm³/mol. The Morgan fingerprint density at radius 1 is 0.889 bits per heavy atom. The summed E-state index contributed by atoms with van der Waals surface area (Å²) >= 11 is 0. The summed E-state index contributed by atoms with van der Waals surface area (Å²) in [5, 5.41) is 9.74. The van der Waals surface area contributed by atoms with Crippen LogP contribution in [0.4, 0.5) is 0 Å². The second-order valence-electron chi connectivity index (χ2n) is 4.71. The van der Waals surface area contributed by atoms with Crippen molar-refractivity contribution in [1.29, 1.82) is 0 Å². The molecule has 0 aromatic heterocycles. The van der Waals surface area contributed by atoms with E-state index in [1.807, 2.05) is 18.2 Å². The molecule has 1 aliphatic carbocycles. The minimum Gasteiger partial charge on any atom is -0.396 e. The molecule has 0 aliphatic heterocycles. The van der Waals surface area contributed by atoms with E-state index in [2.05, 4.69) is 48.6 Å². The van der Waals surface area contributed by atoms with Gasteiger partial charge in [-0.15, -0.1) is 0 Å². The van der Waals surface area contributed by atoms with Gasteiger partial charge < -0.3 is 5.11 Å². The molecule has 0 saturated carbocycles. The maximum absolute atomic E-state index is 9.74. The van der Waals surface area contributed by atoms with E-state index >= 15 is 0 Å². The minimum absolute atomic E-state index is 0.161. The Balaban J connectivity index is 2.05. The van der Waals surface area contributed by atoms with Gasteiger partial charge in [-0.25, -0.2) is 0 Å². The Morgan fingerprint density at radius 2 is 1.61 bits per heavy atom. The van der Waals surface area contributed by atoms with Gasteiger partial charge >= 0.3 is 0 Å². The van der Waals surface area contributed by atoms with Gasteiger partial charge in [0.1, 0.15) is 0 Å². The van der Waals surface area contributed by atoms with Crippen molar-refractivity contribution in [3.63, 3.8) is 0 Å². The molecule has 0 saturated heterocycles. The van der Waals surface area contributed by atoms with E-state index in [4.69, 9.17) is 0 Å². The first-order valence-electron chi connectivity index (χ1n) is 6.33. The largest absolute Gasteiger partial charge is 0.396 e. The van der Waals surface area contributed by atoms with Gasteiger partial charge in [-0.3, -0.25) is 0 Å². The summed E-state index contributed by atoms with van der Waals surface area (Å²) in [5.74, 6) is 0.430. The second kappa shape index (κ2) is 4.79. The third kappa shape index (κ3) is 1.87. The van der Waals surface area contributed by atoms with Crippen LogP contribution in [0.5, 0.6) is 0 Å². The van der Waals surface area contributed by atoms with Gasteiger partial charge in [-0.05, 0) is 16.7 Å². The molecule has 1 heteroatoms. The van der Waals surface area contributed by atoms with Crippen LogP contribution >= 0.6 is 0 Å². The van der Waals surface area contributed by atoms with Crippen molar-refractivity contribution in [2.45, 2.75) is 11.8 Å². The molecule has 0 radical (unpaired) electrons. The molecular weight excluding hydrogens is 220 g/mol. The molecule has 0 heterocycles. The van der Waals surface area contributed by atoms with Crippen molar-refractivity contribution in [3.8, 4) is 0 Å². The lowest BCUT2D eigenvalue weighted by Gasteiger charge is -2.28. The highest BCUT2D eigenvalue weighted by Crippen LogP contribution is 2.39. The molecular formula is C17H16O. The summed E-state index contributed by atoms with van der Waals surface area (Å²) in [6, 6.07) is 18.7. The van der Waals surface area contributed by atoms with Crippen molar-refractivity contribution in [2.75, 3.05) is 6.61 Å². The molecule has 2 aromatic carbocycles. The minimum atomic E-state index is 0.161. The summed E-state index contributed by atoms with van der Waals surface area (Å²) < 4.78 is 0. The fourth-order valence-electron chi connectivity index (χ4n) is 2.77. The number of aliphatic hydroxyl groups is 1. The monoisotopic (exact) mass is 236 g/mol. The third-order valence-electron chi connectivity index (χ3n) is 3.69. The smallest absolute Gasteiger partial charge is 0.0508 e. The molecule has 0 bridgehead atoms. The number of benzene rings is 2. The topological polar surface area (TPSA) is 20.2 Å². The van der Waals surface area contributed by atoms with Crippen LogP contribution in [0.2, 0.25) is 0 Å². The molecule has 0 unspecified atom stereocenters. The zero-order valence-electron chi connectivity index (χ0n) is 10.2. The van der Waals surface area contributed by atoms with E-state index in [9.17, 15) is 5.11 Å². The summed E-state index contributed by atoms with van der Waals surface area (Å²) in [6.45, 7) is 0.181. The summed E-state index contributed by atoms with van der Waals surface area (Å²) in [4.78, 5) is 0. The Bertz CT molecular complexity index is 557. The van der Waals surface area contributed by atoms with Crippen LogP contribution in [0, 0.1) is 0 Å². The molecule has 2 aromatic rings. The lowest BCUT2D eigenvalue weighted by molar-refractivity contribution is 0.256. The number of hydrogen-bond acceptors (Lipinski definition) is 1. The van der Waals surface area contributed by atoms with Crippen LogP contribution in [0.15, 0.2) is 60.7 Å².